The van der Waals surface area contributed by atoms with E-state index in [2.05, 4.69) is 31.2 Å². The van der Waals surface area contributed by atoms with Gasteiger partial charge in [0.1, 0.15) is 5.78 Å². The van der Waals surface area contributed by atoms with Crippen LogP contribution in [0.15, 0.2) is 29.2 Å². The third-order valence-corrected chi connectivity index (χ3v) is 3.32. The van der Waals surface area contributed by atoms with E-state index in [1.165, 1.54) is 4.90 Å². The monoisotopic (exact) mass is 237 g/mol. The molecular weight excluding hydrogens is 218 g/mol. The lowest BCUT2D eigenvalue weighted by Crippen LogP contribution is -2.11. The Morgan fingerprint density at radius 2 is 2.00 bits per heavy atom. The Morgan fingerprint density at radius 1 is 1.38 bits per heavy atom. The molecule has 0 aliphatic carbocycles. The zero-order valence-corrected chi connectivity index (χ0v) is 10.7. The van der Waals surface area contributed by atoms with Crippen molar-refractivity contribution in [3.8, 4) is 0 Å². The van der Waals surface area contributed by atoms with E-state index in [-0.39, 0.29) is 11.8 Å². The molecule has 3 heteroatoms. The van der Waals surface area contributed by atoms with Crippen LogP contribution < -0.4 is 5.73 Å². The molecule has 0 spiro atoms. The summed E-state index contributed by atoms with van der Waals surface area (Å²) in [6.07, 6.45) is 1.29. The summed E-state index contributed by atoms with van der Waals surface area (Å²) in [6, 6.07) is 8.28. The second-order valence-electron chi connectivity index (χ2n) is 3.85. The Bertz CT molecular complexity index is 334. The summed E-state index contributed by atoms with van der Waals surface area (Å²) in [5.41, 5.74) is 7.12. The Morgan fingerprint density at radius 3 is 2.50 bits per heavy atom. The van der Waals surface area contributed by atoms with Crippen molar-refractivity contribution in [3.05, 3.63) is 29.8 Å². The molecule has 2 nitrogen and oxygen atoms in total. The van der Waals surface area contributed by atoms with Gasteiger partial charge in [0, 0.05) is 17.4 Å². The number of hydrogen-bond donors (Lipinski definition) is 1. The molecule has 88 valence electrons. The van der Waals surface area contributed by atoms with E-state index in [4.69, 9.17) is 5.73 Å². The standard InChI is InChI=1S/C13H19NOS/c1-3-16-12-7-5-11(6-8-12)13(14)9-4-10(2)15/h5-8,13H,3-4,9,14H2,1-2H3. The summed E-state index contributed by atoms with van der Waals surface area (Å²) in [5, 5.41) is 0. The number of nitrogens with two attached hydrogens (primary N) is 1. The molecule has 16 heavy (non-hydrogen) atoms. The van der Waals surface area contributed by atoms with E-state index in [1.54, 1.807) is 6.92 Å². The molecule has 0 bridgehead atoms. The Balaban J connectivity index is 2.55. The highest BCUT2D eigenvalue weighted by molar-refractivity contribution is 7.99. The second kappa shape index (κ2) is 6.71. The minimum Gasteiger partial charge on any atom is -0.324 e. The first-order valence-corrected chi connectivity index (χ1v) is 6.59. The predicted octanol–water partition coefficient (Wildman–Crippen LogP) is 3.17. The van der Waals surface area contributed by atoms with Crippen molar-refractivity contribution < 1.29 is 4.79 Å². The Hall–Kier alpha value is -0.800. The van der Waals surface area contributed by atoms with Crippen LogP contribution in [0.3, 0.4) is 0 Å². The molecule has 1 aromatic rings. The average molecular weight is 237 g/mol. The van der Waals surface area contributed by atoms with Gasteiger partial charge < -0.3 is 10.5 Å². The molecule has 0 aliphatic heterocycles. The highest BCUT2D eigenvalue weighted by atomic mass is 32.2. The first-order valence-electron chi connectivity index (χ1n) is 5.61. The minimum absolute atomic E-state index is 0.0235. The van der Waals surface area contributed by atoms with E-state index in [9.17, 15) is 4.79 Å². The van der Waals surface area contributed by atoms with Crippen LogP contribution in [0.2, 0.25) is 0 Å². The summed E-state index contributed by atoms with van der Waals surface area (Å²) < 4.78 is 0. The van der Waals surface area contributed by atoms with Gasteiger partial charge in [0.25, 0.3) is 0 Å². The van der Waals surface area contributed by atoms with Gasteiger partial charge in [-0.15, -0.1) is 11.8 Å². The Labute approximate surface area is 102 Å². The molecule has 0 radical (unpaired) electrons. The summed E-state index contributed by atoms with van der Waals surface area (Å²) in [6.45, 7) is 3.74. The summed E-state index contributed by atoms with van der Waals surface area (Å²) in [7, 11) is 0. The smallest absolute Gasteiger partial charge is 0.129 e. The van der Waals surface area contributed by atoms with Crippen molar-refractivity contribution >= 4 is 17.5 Å². The molecule has 0 amide bonds. The quantitative estimate of drug-likeness (QED) is 0.773. The third kappa shape index (κ3) is 4.37. The van der Waals surface area contributed by atoms with Gasteiger partial charge >= 0.3 is 0 Å². The van der Waals surface area contributed by atoms with Crippen molar-refractivity contribution in [1.82, 2.24) is 0 Å². The van der Waals surface area contributed by atoms with Gasteiger partial charge in [-0.1, -0.05) is 19.1 Å². The largest absolute Gasteiger partial charge is 0.324 e. The van der Waals surface area contributed by atoms with Crippen LogP contribution in [0.5, 0.6) is 0 Å². The number of thioether (sulfide) groups is 1. The number of Topliss-reactive ketones (excluding diaryl/α,β-unsaturated/α-hetero) is 1. The molecule has 0 aromatic heterocycles. The summed E-state index contributed by atoms with van der Waals surface area (Å²) in [5.74, 6) is 1.28. The van der Waals surface area contributed by atoms with Gasteiger partial charge in [0.05, 0.1) is 0 Å². The first-order chi connectivity index (χ1) is 7.63. The minimum atomic E-state index is -0.0235. The fourth-order valence-corrected chi connectivity index (χ4v) is 2.17. The number of carbonyl (C=O) groups is 1. The molecule has 1 atom stereocenters. The lowest BCUT2D eigenvalue weighted by atomic mass is 10.0. The molecule has 0 heterocycles. The van der Waals surface area contributed by atoms with E-state index in [1.807, 2.05) is 11.8 Å². The van der Waals surface area contributed by atoms with Crippen LogP contribution >= 0.6 is 11.8 Å². The maximum absolute atomic E-state index is 10.9. The summed E-state index contributed by atoms with van der Waals surface area (Å²) in [4.78, 5) is 12.1. The number of rotatable bonds is 6. The maximum Gasteiger partial charge on any atom is 0.129 e. The predicted molar refractivity (Wildman–Crippen MR) is 69.7 cm³/mol. The maximum atomic E-state index is 10.9. The van der Waals surface area contributed by atoms with Gasteiger partial charge in [-0.25, -0.2) is 0 Å². The second-order valence-corrected chi connectivity index (χ2v) is 5.19. The van der Waals surface area contributed by atoms with Crippen LogP contribution in [0.4, 0.5) is 0 Å². The topological polar surface area (TPSA) is 43.1 Å². The number of ketones is 1. The van der Waals surface area contributed by atoms with E-state index in [0.717, 1.165) is 17.7 Å². The van der Waals surface area contributed by atoms with Crippen LogP contribution in [0.1, 0.15) is 38.3 Å². The highest BCUT2D eigenvalue weighted by Crippen LogP contribution is 2.21. The van der Waals surface area contributed by atoms with Crippen LogP contribution in [0.25, 0.3) is 0 Å². The van der Waals surface area contributed by atoms with E-state index < -0.39 is 0 Å². The SMILES string of the molecule is CCSc1ccc(C(N)CCC(C)=O)cc1. The highest BCUT2D eigenvalue weighted by Gasteiger charge is 2.06. The van der Waals surface area contributed by atoms with Gasteiger partial charge in [-0.05, 0) is 36.8 Å². The van der Waals surface area contributed by atoms with Crippen LogP contribution in [-0.2, 0) is 4.79 Å². The number of carbonyl (C=O) groups excluding carboxylic acids is 1. The van der Waals surface area contributed by atoms with Crippen molar-refractivity contribution in [3.63, 3.8) is 0 Å². The van der Waals surface area contributed by atoms with E-state index in [0.29, 0.717) is 6.42 Å². The number of benzene rings is 1. The van der Waals surface area contributed by atoms with E-state index >= 15 is 0 Å². The normalized spacial score (nSPS) is 12.4. The molecule has 2 N–H and O–H groups in total. The first kappa shape index (κ1) is 13.3. The van der Waals surface area contributed by atoms with Gasteiger partial charge in [0.15, 0.2) is 0 Å². The molecule has 1 aromatic carbocycles. The average Bonchev–Trinajstić information content (AvgIpc) is 2.27. The molecule has 1 rings (SSSR count). The molecule has 0 saturated heterocycles. The fraction of sp³-hybridized carbons (Fsp3) is 0.462. The molecule has 0 fully saturated rings. The van der Waals surface area contributed by atoms with Gasteiger partial charge in [-0.3, -0.25) is 0 Å². The van der Waals surface area contributed by atoms with Crippen molar-refractivity contribution in [2.45, 2.75) is 37.6 Å². The third-order valence-electron chi connectivity index (χ3n) is 2.43. The number of hydrogen-bond acceptors (Lipinski definition) is 3. The summed E-state index contributed by atoms with van der Waals surface area (Å²) >= 11 is 1.82. The molecule has 0 saturated carbocycles. The van der Waals surface area contributed by atoms with Crippen molar-refractivity contribution in [1.29, 1.82) is 0 Å². The van der Waals surface area contributed by atoms with Crippen molar-refractivity contribution in [2.24, 2.45) is 5.73 Å². The molecule has 0 aliphatic rings. The van der Waals surface area contributed by atoms with Crippen LogP contribution in [0, 0.1) is 0 Å². The molecular formula is C13H19NOS. The Kier molecular flexibility index (Phi) is 5.56. The van der Waals surface area contributed by atoms with Crippen LogP contribution in [-0.4, -0.2) is 11.5 Å². The van der Waals surface area contributed by atoms with Crippen molar-refractivity contribution in [2.75, 3.05) is 5.75 Å². The lowest BCUT2D eigenvalue weighted by molar-refractivity contribution is -0.117. The lowest BCUT2D eigenvalue weighted by Gasteiger charge is -2.11. The zero-order chi connectivity index (χ0) is 12.0. The zero-order valence-electron chi connectivity index (χ0n) is 9.90. The van der Waals surface area contributed by atoms with Gasteiger partial charge in [0.2, 0.25) is 0 Å². The van der Waals surface area contributed by atoms with Gasteiger partial charge in [-0.2, -0.15) is 0 Å². The fourth-order valence-electron chi connectivity index (χ4n) is 1.50. The molecule has 1 unspecified atom stereocenters.